The molecule has 0 heterocycles. The quantitative estimate of drug-likeness (QED) is 0.554. The van der Waals surface area contributed by atoms with Crippen LogP contribution in [0, 0.1) is 11.3 Å². The zero-order valence-corrected chi connectivity index (χ0v) is 12.2. The van der Waals surface area contributed by atoms with Gasteiger partial charge in [-0.15, -0.1) is 0 Å². The minimum absolute atomic E-state index is 0.0319. The van der Waals surface area contributed by atoms with E-state index in [-0.39, 0.29) is 17.0 Å². The molecule has 0 atom stereocenters. The first kappa shape index (κ1) is 16.4. The highest BCUT2D eigenvalue weighted by Crippen LogP contribution is 2.17. The highest BCUT2D eigenvalue weighted by Gasteiger charge is 2.18. The number of anilines is 1. The molecule has 1 aromatic rings. The maximum Gasteiger partial charge on any atom is 0.241 e. The van der Waals surface area contributed by atoms with E-state index in [0.717, 1.165) is 12.8 Å². The van der Waals surface area contributed by atoms with Gasteiger partial charge in [-0.2, -0.15) is 5.26 Å². The van der Waals surface area contributed by atoms with E-state index < -0.39 is 10.0 Å². The third-order valence-corrected chi connectivity index (χ3v) is 4.11. The zero-order valence-electron chi connectivity index (χ0n) is 11.4. The summed E-state index contributed by atoms with van der Waals surface area (Å²) in [6.07, 6.45) is 1.98. The fraction of sp³-hybridized carbons (Fsp3) is 0.462. The summed E-state index contributed by atoms with van der Waals surface area (Å²) in [6, 6.07) is 5.95. The minimum atomic E-state index is -3.72. The number of rotatable bonds is 8. The number of nitriles is 1. The van der Waals surface area contributed by atoms with Crippen LogP contribution < -0.4 is 10.5 Å². The Morgan fingerprint density at radius 1 is 1.40 bits per heavy atom. The van der Waals surface area contributed by atoms with Crippen LogP contribution in [0.4, 0.5) is 5.69 Å². The summed E-state index contributed by atoms with van der Waals surface area (Å²) in [5, 5.41) is 8.95. The maximum atomic E-state index is 12.1. The highest BCUT2D eigenvalue weighted by atomic mass is 32.2. The van der Waals surface area contributed by atoms with Crippen molar-refractivity contribution in [2.24, 2.45) is 0 Å². The number of hydrogen-bond acceptors (Lipinski definition) is 5. The lowest BCUT2D eigenvalue weighted by Gasteiger charge is -2.09. The molecule has 0 aromatic heterocycles. The van der Waals surface area contributed by atoms with Crippen LogP contribution in [0.15, 0.2) is 23.1 Å². The molecule has 0 aliphatic heterocycles. The van der Waals surface area contributed by atoms with Gasteiger partial charge in [0.25, 0.3) is 0 Å². The first-order valence-corrected chi connectivity index (χ1v) is 7.86. The average molecular weight is 297 g/mol. The van der Waals surface area contributed by atoms with Gasteiger partial charge in [0.1, 0.15) is 6.07 Å². The lowest BCUT2D eigenvalue weighted by Crippen LogP contribution is -2.28. The largest absolute Gasteiger partial charge is 0.399 e. The lowest BCUT2D eigenvalue weighted by atomic mass is 10.2. The number of unbranched alkanes of at least 4 members (excludes halogenated alkanes) is 1. The SMILES string of the molecule is CCCCOCCNS(=O)(=O)c1ccc(N)cc1C#N. The average Bonchev–Trinajstić information content (AvgIpc) is 2.42. The molecule has 0 radical (unpaired) electrons. The Hall–Kier alpha value is -1.62. The van der Waals surface area contributed by atoms with Crippen LogP contribution >= 0.6 is 0 Å². The molecule has 0 bridgehead atoms. The summed E-state index contributed by atoms with van der Waals surface area (Å²) in [5.74, 6) is 0. The highest BCUT2D eigenvalue weighted by molar-refractivity contribution is 7.89. The van der Waals surface area contributed by atoms with E-state index in [0.29, 0.717) is 18.9 Å². The maximum absolute atomic E-state index is 12.1. The number of nitrogen functional groups attached to an aromatic ring is 1. The third-order valence-electron chi connectivity index (χ3n) is 2.59. The molecule has 0 saturated heterocycles. The lowest BCUT2D eigenvalue weighted by molar-refractivity contribution is 0.136. The van der Waals surface area contributed by atoms with E-state index in [4.69, 9.17) is 15.7 Å². The second-order valence-electron chi connectivity index (χ2n) is 4.23. The van der Waals surface area contributed by atoms with Gasteiger partial charge in [0, 0.05) is 18.8 Å². The summed E-state index contributed by atoms with van der Waals surface area (Å²) in [4.78, 5) is -0.0669. The summed E-state index contributed by atoms with van der Waals surface area (Å²) in [6.45, 7) is 3.14. The predicted octanol–water partition coefficient (Wildman–Crippen LogP) is 1.24. The van der Waals surface area contributed by atoms with Gasteiger partial charge in [0.2, 0.25) is 10.0 Å². The number of nitrogens with two attached hydrogens (primary N) is 1. The van der Waals surface area contributed by atoms with Crippen LogP contribution in [0.5, 0.6) is 0 Å². The molecule has 0 fully saturated rings. The molecular formula is C13H19N3O3S. The molecule has 1 rings (SSSR count). The standard InChI is InChI=1S/C13H19N3O3S/c1-2-3-7-19-8-6-16-20(17,18)13-5-4-12(15)9-11(13)10-14/h4-5,9,16H,2-3,6-8,15H2,1H3. The van der Waals surface area contributed by atoms with Gasteiger partial charge in [-0.05, 0) is 24.6 Å². The van der Waals surface area contributed by atoms with Crippen molar-refractivity contribution < 1.29 is 13.2 Å². The van der Waals surface area contributed by atoms with Crippen molar-refractivity contribution in [2.75, 3.05) is 25.5 Å². The summed E-state index contributed by atoms with van der Waals surface area (Å²) in [5.41, 5.74) is 5.91. The number of benzene rings is 1. The Kier molecular flexibility index (Phi) is 6.45. The van der Waals surface area contributed by atoms with Crippen LogP contribution in [0.3, 0.4) is 0 Å². The Labute approximate surface area is 119 Å². The van der Waals surface area contributed by atoms with Crippen molar-refractivity contribution in [2.45, 2.75) is 24.7 Å². The normalized spacial score (nSPS) is 11.2. The van der Waals surface area contributed by atoms with Crippen LogP contribution in [0.25, 0.3) is 0 Å². The van der Waals surface area contributed by atoms with E-state index in [9.17, 15) is 8.42 Å². The molecule has 20 heavy (non-hydrogen) atoms. The van der Waals surface area contributed by atoms with E-state index in [1.807, 2.05) is 6.07 Å². The van der Waals surface area contributed by atoms with Gasteiger partial charge in [0.05, 0.1) is 17.1 Å². The van der Waals surface area contributed by atoms with Gasteiger partial charge in [-0.25, -0.2) is 13.1 Å². The van der Waals surface area contributed by atoms with Crippen LogP contribution in [-0.2, 0) is 14.8 Å². The molecule has 1 aromatic carbocycles. The summed E-state index contributed by atoms with van der Waals surface area (Å²) >= 11 is 0. The van der Waals surface area contributed by atoms with Crippen molar-refractivity contribution >= 4 is 15.7 Å². The third kappa shape index (κ3) is 4.81. The fourth-order valence-corrected chi connectivity index (χ4v) is 2.69. The summed E-state index contributed by atoms with van der Waals surface area (Å²) in [7, 11) is -3.72. The molecule has 7 heteroatoms. The molecule has 0 unspecified atom stereocenters. The van der Waals surface area contributed by atoms with Crippen LogP contribution in [0.2, 0.25) is 0 Å². The Bertz CT molecular complexity index is 579. The van der Waals surface area contributed by atoms with Gasteiger partial charge in [-0.1, -0.05) is 13.3 Å². The Morgan fingerprint density at radius 3 is 2.80 bits per heavy atom. The Balaban J connectivity index is 2.63. The molecule has 110 valence electrons. The second kappa shape index (κ2) is 7.85. The minimum Gasteiger partial charge on any atom is -0.399 e. The molecular weight excluding hydrogens is 278 g/mol. The molecule has 0 aliphatic rings. The van der Waals surface area contributed by atoms with Crippen LogP contribution in [0.1, 0.15) is 25.3 Å². The molecule has 0 amide bonds. The topological polar surface area (TPSA) is 105 Å². The van der Waals surface area contributed by atoms with Gasteiger partial charge in [-0.3, -0.25) is 0 Å². The molecule has 0 spiro atoms. The van der Waals surface area contributed by atoms with Crippen LogP contribution in [-0.4, -0.2) is 28.2 Å². The van der Waals surface area contributed by atoms with Crippen molar-refractivity contribution in [3.05, 3.63) is 23.8 Å². The van der Waals surface area contributed by atoms with Gasteiger partial charge < -0.3 is 10.5 Å². The van der Waals surface area contributed by atoms with E-state index >= 15 is 0 Å². The first-order chi connectivity index (χ1) is 9.51. The molecule has 6 nitrogen and oxygen atoms in total. The fourth-order valence-electron chi connectivity index (χ4n) is 1.54. The van der Waals surface area contributed by atoms with Crippen molar-refractivity contribution in [3.8, 4) is 6.07 Å². The number of ether oxygens (including phenoxy) is 1. The monoisotopic (exact) mass is 297 g/mol. The second-order valence-corrected chi connectivity index (χ2v) is 5.97. The van der Waals surface area contributed by atoms with E-state index in [1.165, 1.54) is 18.2 Å². The van der Waals surface area contributed by atoms with Gasteiger partial charge in [0.15, 0.2) is 0 Å². The van der Waals surface area contributed by atoms with Gasteiger partial charge >= 0.3 is 0 Å². The first-order valence-electron chi connectivity index (χ1n) is 6.38. The number of sulfonamides is 1. The number of nitrogens with zero attached hydrogens (tertiary/aromatic N) is 1. The van der Waals surface area contributed by atoms with Crippen molar-refractivity contribution in [3.63, 3.8) is 0 Å². The molecule has 0 aliphatic carbocycles. The number of nitrogens with one attached hydrogen (secondary N) is 1. The van der Waals surface area contributed by atoms with Crippen molar-refractivity contribution in [1.82, 2.24) is 4.72 Å². The number of hydrogen-bond donors (Lipinski definition) is 2. The Morgan fingerprint density at radius 2 is 2.15 bits per heavy atom. The molecule has 3 N–H and O–H groups in total. The van der Waals surface area contributed by atoms with Crippen molar-refractivity contribution in [1.29, 1.82) is 5.26 Å². The summed E-state index contributed by atoms with van der Waals surface area (Å²) < 4.78 is 31.8. The zero-order chi connectivity index (χ0) is 15.0. The van der Waals surface area contributed by atoms with E-state index in [2.05, 4.69) is 11.6 Å². The smallest absolute Gasteiger partial charge is 0.241 e. The van der Waals surface area contributed by atoms with E-state index in [1.54, 1.807) is 0 Å². The molecule has 0 saturated carbocycles. The predicted molar refractivity (Wildman–Crippen MR) is 76.5 cm³/mol.